The lowest BCUT2D eigenvalue weighted by Gasteiger charge is -2.45. The average molecular weight is 545 g/mol. The van der Waals surface area contributed by atoms with Crippen LogP contribution in [0.25, 0.3) is 0 Å². The zero-order chi connectivity index (χ0) is 25.0. The summed E-state index contributed by atoms with van der Waals surface area (Å²) in [7, 11) is 0. The number of ether oxygens (including phenoxy) is 2. The van der Waals surface area contributed by atoms with E-state index in [2.05, 4.69) is 45.3 Å². The number of halogens is 1. The lowest BCUT2D eigenvalue weighted by molar-refractivity contribution is -0.139. The van der Waals surface area contributed by atoms with Gasteiger partial charge in [0.2, 0.25) is 0 Å². The first-order valence-corrected chi connectivity index (χ1v) is 13.0. The number of amides is 2. The lowest BCUT2D eigenvalue weighted by Crippen LogP contribution is -2.41. The molecular weight excluding hydrogens is 520 g/mol. The number of hydrazone groups is 1. The van der Waals surface area contributed by atoms with Gasteiger partial charge in [-0.15, -0.1) is 0 Å². The van der Waals surface area contributed by atoms with Crippen LogP contribution in [0.1, 0.15) is 53.5 Å². The SMILES string of the molecule is CCOc1cc(/C=N\N2C(=O)[C@@H]3C4c5ccccc5C(c5ccccc54)[C@@H]3C2=O)cc(Br)c1OCC. The molecule has 2 bridgehead atoms. The largest absolute Gasteiger partial charge is 0.490 e. The van der Waals surface area contributed by atoms with Crippen molar-refractivity contribution >= 4 is 34.0 Å². The Morgan fingerprint density at radius 2 is 1.33 bits per heavy atom. The Morgan fingerprint density at radius 1 is 0.833 bits per heavy atom. The molecule has 0 saturated carbocycles. The Hall–Kier alpha value is -3.45. The fourth-order valence-corrected chi connectivity index (χ4v) is 6.68. The zero-order valence-electron chi connectivity index (χ0n) is 20.0. The van der Waals surface area contributed by atoms with Crippen LogP contribution in [0.4, 0.5) is 0 Å². The summed E-state index contributed by atoms with van der Waals surface area (Å²) in [5.74, 6) is -0.479. The summed E-state index contributed by atoms with van der Waals surface area (Å²) < 4.78 is 12.2. The highest BCUT2D eigenvalue weighted by molar-refractivity contribution is 9.10. The molecule has 6 nitrogen and oxygen atoms in total. The highest BCUT2D eigenvalue weighted by Gasteiger charge is 2.61. The van der Waals surface area contributed by atoms with Crippen LogP contribution in [0.15, 0.2) is 70.2 Å². The predicted molar refractivity (Wildman–Crippen MR) is 139 cm³/mol. The molecule has 2 atom stereocenters. The van der Waals surface area contributed by atoms with E-state index in [-0.39, 0.29) is 23.7 Å². The third-order valence-electron chi connectivity index (χ3n) is 7.37. The molecule has 36 heavy (non-hydrogen) atoms. The standard InChI is InChI=1S/C29H25BrN2O4/c1-3-35-22-14-16(13-21(30)27(22)36-4-2)15-31-32-28(33)25-23-17-9-5-6-10-18(17)24(26(25)29(32)34)20-12-8-7-11-19(20)23/h5-15,23-26H,3-4H2,1-2H3/b31-15-/t23?,24?,25-,26+. The first-order chi connectivity index (χ1) is 17.5. The minimum Gasteiger partial charge on any atom is -0.490 e. The third kappa shape index (κ3) is 3.33. The van der Waals surface area contributed by atoms with Gasteiger partial charge < -0.3 is 9.47 Å². The topological polar surface area (TPSA) is 68.2 Å². The van der Waals surface area contributed by atoms with E-state index in [1.54, 1.807) is 12.3 Å². The van der Waals surface area contributed by atoms with Gasteiger partial charge in [0.15, 0.2) is 11.5 Å². The molecule has 7 rings (SSSR count). The van der Waals surface area contributed by atoms with Crippen LogP contribution >= 0.6 is 15.9 Å². The van der Waals surface area contributed by atoms with E-state index in [4.69, 9.17) is 9.47 Å². The molecule has 3 aromatic rings. The van der Waals surface area contributed by atoms with Crippen LogP contribution in [0.2, 0.25) is 0 Å². The highest BCUT2D eigenvalue weighted by atomic mass is 79.9. The van der Waals surface area contributed by atoms with Crippen LogP contribution in [-0.2, 0) is 9.59 Å². The first-order valence-electron chi connectivity index (χ1n) is 12.2. The van der Waals surface area contributed by atoms with Gasteiger partial charge in [0.05, 0.1) is 35.7 Å². The maximum absolute atomic E-state index is 13.7. The summed E-state index contributed by atoms with van der Waals surface area (Å²) >= 11 is 3.54. The van der Waals surface area contributed by atoms with Gasteiger partial charge in [0.1, 0.15) is 0 Å². The molecule has 1 aliphatic heterocycles. The summed E-state index contributed by atoms with van der Waals surface area (Å²) in [4.78, 5) is 27.4. The number of carbonyl (C=O) groups is 2. The van der Waals surface area contributed by atoms with E-state index in [9.17, 15) is 9.59 Å². The Morgan fingerprint density at radius 3 is 1.81 bits per heavy atom. The van der Waals surface area contributed by atoms with Crippen LogP contribution in [-0.4, -0.2) is 36.3 Å². The van der Waals surface area contributed by atoms with Crippen molar-refractivity contribution in [1.29, 1.82) is 0 Å². The second-order valence-electron chi connectivity index (χ2n) is 9.19. The maximum atomic E-state index is 13.7. The van der Waals surface area contributed by atoms with Crippen molar-refractivity contribution in [2.24, 2.45) is 16.9 Å². The number of benzene rings is 3. The molecule has 0 radical (unpaired) electrons. The summed E-state index contributed by atoms with van der Waals surface area (Å²) in [6.45, 7) is 4.78. The van der Waals surface area contributed by atoms with Crippen molar-refractivity contribution in [2.75, 3.05) is 13.2 Å². The van der Waals surface area contributed by atoms with E-state index < -0.39 is 11.8 Å². The van der Waals surface area contributed by atoms with Gasteiger partial charge in [0, 0.05) is 11.8 Å². The predicted octanol–water partition coefficient (Wildman–Crippen LogP) is 5.47. The van der Waals surface area contributed by atoms with Crippen molar-refractivity contribution in [3.05, 3.63) is 93.0 Å². The van der Waals surface area contributed by atoms with Crippen LogP contribution in [0, 0.1) is 11.8 Å². The van der Waals surface area contributed by atoms with Gasteiger partial charge in [-0.2, -0.15) is 10.1 Å². The van der Waals surface area contributed by atoms with Crippen LogP contribution < -0.4 is 9.47 Å². The van der Waals surface area contributed by atoms with Gasteiger partial charge in [-0.1, -0.05) is 48.5 Å². The number of carbonyl (C=O) groups excluding carboxylic acids is 2. The number of nitrogens with zero attached hydrogens (tertiary/aromatic N) is 2. The Balaban J connectivity index is 1.37. The summed E-state index contributed by atoms with van der Waals surface area (Å²) in [5.41, 5.74) is 5.27. The first kappa shape index (κ1) is 23.0. The van der Waals surface area contributed by atoms with Crippen molar-refractivity contribution in [1.82, 2.24) is 5.01 Å². The van der Waals surface area contributed by atoms with Gasteiger partial charge >= 0.3 is 0 Å². The Bertz CT molecular complexity index is 1300. The Kier molecular flexibility index (Phi) is 5.67. The highest BCUT2D eigenvalue weighted by Crippen LogP contribution is 2.61. The van der Waals surface area contributed by atoms with Crippen molar-refractivity contribution in [2.45, 2.75) is 25.7 Å². The molecule has 2 amide bonds. The van der Waals surface area contributed by atoms with Gasteiger partial charge in [-0.25, -0.2) is 0 Å². The molecule has 1 heterocycles. The van der Waals surface area contributed by atoms with E-state index in [1.165, 1.54) is 0 Å². The minimum atomic E-state index is -0.449. The molecule has 1 saturated heterocycles. The molecule has 3 aliphatic carbocycles. The maximum Gasteiger partial charge on any atom is 0.254 e. The summed E-state index contributed by atoms with van der Waals surface area (Å²) in [5, 5.41) is 5.49. The molecule has 0 N–H and O–H groups in total. The van der Waals surface area contributed by atoms with Crippen molar-refractivity contribution in [3.8, 4) is 11.5 Å². The molecular formula is C29H25BrN2O4. The number of rotatable bonds is 6. The van der Waals surface area contributed by atoms with Crippen molar-refractivity contribution < 1.29 is 19.1 Å². The molecule has 3 aromatic carbocycles. The molecule has 4 aliphatic rings. The second-order valence-corrected chi connectivity index (χ2v) is 10.0. The van der Waals surface area contributed by atoms with E-state index in [0.29, 0.717) is 34.7 Å². The lowest BCUT2D eigenvalue weighted by atomic mass is 9.55. The number of imide groups is 1. The third-order valence-corrected chi connectivity index (χ3v) is 7.96. The number of hydrogen-bond acceptors (Lipinski definition) is 5. The summed E-state index contributed by atoms with van der Waals surface area (Å²) in [6, 6.07) is 20.0. The second kappa shape index (κ2) is 8.89. The molecule has 1 fully saturated rings. The normalized spacial score (nSPS) is 23.6. The molecule has 182 valence electrons. The molecule has 0 aromatic heterocycles. The number of hydrogen-bond donors (Lipinski definition) is 0. The smallest absolute Gasteiger partial charge is 0.254 e. The quantitative estimate of drug-likeness (QED) is 0.304. The monoisotopic (exact) mass is 544 g/mol. The Labute approximate surface area is 218 Å². The molecule has 0 spiro atoms. The van der Waals surface area contributed by atoms with E-state index in [1.807, 2.05) is 44.2 Å². The molecule has 0 unspecified atom stereocenters. The van der Waals surface area contributed by atoms with Gasteiger partial charge in [-0.3, -0.25) is 9.59 Å². The van der Waals surface area contributed by atoms with E-state index in [0.717, 1.165) is 27.3 Å². The van der Waals surface area contributed by atoms with Crippen LogP contribution in [0.5, 0.6) is 11.5 Å². The van der Waals surface area contributed by atoms with Gasteiger partial charge in [-0.05, 0) is 69.7 Å². The average Bonchev–Trinajstić information content (AvgIpc) is 3.15. The van der Waals surface area contributed by atoms with Crippen molar-refractivity contribution in [3.63, 3.8) is 0 Å². The van der Waals surface area contributed by atoms with Gasteiger partial charge in [0.25, 0.3) is 11.8 Å². The zero-order valence-corrected chi connectivity index (χ0v) is 21.6. The van der Waals surface area contributed by atoms with Crippen LogP contribution in [0.3, 0.4) is 0 Å². The fraction of sp³-hybridized carbons (Fsp3) is 0.276. The molecule has 7 heteroatoms. The minimum absolute atomic E-state index is 0.145. The summed E-state index contributed by atoms with van der Waals surface area (Å²) in [6.07, 6.45) is 1.54. The van der Waals surface area contributed by atoms with E-state index >= 15 is 0 Å². The fourth-order valence-electron chi connectivity index (χ4n) is 6.11.